The van der Waals surface area contributed by atoms with Gasteiger partial charge in [-0.1, -0.05) is 32.0 Å². The Morgan fingerprint density at radius 2 is 1.73 bits per heavy atom. The molecule has 2 aromatic carbocycles. The SMILES string of the molecule is CCCOC(=O)/C=C/c1ccc2c(c1)[C@H](C(=O)OCCC)[C@@H](c1ccc(O)cc1)O2. The minimum absolute atomic E-state index is 0.141. The van der Waals surface area contributed by atoms with Crippen LogP contribution >= 0.6 is 0 Å². The lowest BCUT2D eigenvalue weighted by Crippen LogP contribution is -2.21. The van der Waals surface area contributed by atoms with Crippen LogP contribution in [0.2, 0.25) is 0 Å². The number of rotatable bonds is 8. The van der Waals surface area contributed by atoms with Gasteiger partial charge in [-0.3, -0.25) is 4.79 Å². The van der Waals surface area contributed by atoms with Gasteiger partial charge in [0.1, 0.15) is 23.5 Å². The Hall–Kier alpha value is -3.28. The molecule has 1 N–H and O–H groups in total. The lowest BCUT2D eigenvalue weighted by molar-refractivity contribution is -0.147. The highest BCUT2D eigenvalue weighted by atomic mass is 16.5. The molecule has 2 atom stereocenters. The summed E-state index contributed by atoms with van der Waals surface area (Å²) in [5.74, 6) is -0.679. The molecule has 3 rings (SSSR count). The van der Waals surface area contributed by atoms with Crippen LogP contribution in [0.25, 0.3) is 6.08 Å². The van der Waals surface area contributed by atoms with Gasteiger partial charge < -0.3 is 19.3 Å². The highest BCUT2D eigenvalue weighted by Gasteiger charge is 2.41. The van der Waals surface area contributed by atoms with Crippen molar-refractivity contribution in [1.82, 2.24) is 0 Å². The van der Waals surface area contributed by atoms with E-state index >= 15 is 0 Å². The second-order valence-corrected chi connectivity index (χ2v) is 7.07. The highest BCUT2D eigenvalue weighted by Crippen LogP contribution is 2.47. The summed E-state index contributed by atoms with van der Waals surface area (Å²) in [5.41, 5.74) is 2.23. The van der Waals surface area contributed by atoms with Crippen molar-refractivity contribution in [3.63, 3.8) is 0 Å². The van der Waals surface area contributed by atoms with Crippen LogP contribution in [0.1, 0.15) is 55.4 Å². The molecule has 2 aromatic rings. The fourth-order valence-electron chi connectivity index (χ4n) is 3.27. The molecule has 1 aliphatic rings. The summed E-state index contributed by atoms with van der Waals surface area (Å²) in [6, 6.07) is 12.0. The molecule has 1 aliphatic heterocycles. The number of carbonyl (C=O) groups excluding carboxylic acids is 2. The third-order valence-electron chi connectivity index (χ3n) is 4.71. The van der Waals surface area contributed by atoms with Crippen molar-refractivity contribution >= 4 is 18.0 Å². The van der Waals surface area contributed by atoms with Crippen LogP contribution in [-0.4, -0.2) is 30.3 Å². The molecule has 30 heavy (non-hydrogen) atoms. The molecule has 158 valence electrons. The minimum atomic E-state index is -0.642. The van der Waals surface area contributed by atoms with E-state index in [1.807, 2.05) is 26.0 Å². The first-order chi connectivity index (χ1) is 14.5. The Morgan fingerprint density at radius 1 is 1.03 bits per heavy atom. The number of benzene rings is 2. The maximum Gasteiger partial charge on any atom is 0.330 e. The summed E-state index contributed by atoms with van der Waals surface area (Å²) < 4.78 is 16.6. The van der Waals surface area contributed by atoms with E-state index in [9.17, 15) is 14.7 Å². The first-order valence-electron chi connectivity index (χ1n) is 10.1. The van der Waals surface area contributed by atoms with Gasteiger partial charge in [-0.25, -0.2) is 4.79 Å². The first kappa shape index (κ1) is 21.4. The average Bonchev–Trinajstić information content (AvgIpc) is 3.13. The number of carbonyl (C=O) groups is 2. The van der Waals surface area contributed by atoms with Gasteiger partial charge in [-0.05, 0) is 54.3 Å². The largest absolute Gasteiger partial charge is 0.508 e. The van der Waals surface area contributed by atoms with Crippen LogP contribution in [0.15, 0.2) is 48.5 Å². The summed E-state index contributed by atoms with van der Waals surface area (Å²) in [5, 5.41) is 9.58. The van der Waals surface area contributed by atoms with Gasteiger partial charge in [0.25, 0.3) is 0 Å². The standard InChI is InChI=1S/C24H26O6/c1-3-13-28-21(26)12-6-16-5-11-20-19(15-16)22(24(27)29-14-4-2)23(30-20)17-7-9-18(25)10-8-17/h5-12,15,22-23,25H,3-4,13-14H2,1-2H3/b12-6+/t22-,23+/m0/s1. The predicted molar refractivity (Wildman–Crippen MR) is 112 cm³/mol. The van der Waals surface area contributed by atoms with Crippen LogP contribution in [0.3, 0.4) is 0 Å². The third-order valence-corrected chi connectivity index (χ3v) is 4.71. The van der Waals surface area contributed by atoms with Gasteiger partial charge in [-0.15, -0.1) is 0 Å². The summed E-state index contributed by atoms with van der Waals surface area (Å²) >= 11 is 0. The van der Waals surface area contributed by atoms with Gasteiger partial charge in [0.05, 0.1) is 13.2 Å². The van der Waals surface area contributed by atoms with E-state index < -0.39 is 18.0 Å². The van der Waals surface area contributed by atoms with Gasteiger partial charge in [0.2, 0.25) is 0 Å². The monoisotopic (exact) mass is 410 g/mol. The quantitative estimate of drug-likeness (QED) is 0.509. The summed E-state index contributed by atoms with van der Waals surface area (Å²) in [7, 11) is 0. The first-order valence-corrected chi connectivity index (χ1v) is 10.1. The molecule has 0 unspecified atom stereocenters. The minimum Gasteiger partial charge on any atom is -0.508 e. The van der Waals surface area contributed by atoms with Gasteiger partial charge in [-0.2, -0.15) is 0 Å². The number of aromatic hydroxyl groups is 1. The van der Waals surface area contributed by atoms with E-state index in [0.29, 0.717) is 24.5 Å². The van der Waals surface area contributed by atoms with Crippen molar-refractivity contribution in [3.8, 4) is 11.5 Å². The van der Waals surface area contributed by atoms with Gasteiger partial charge >= 0.3 is 11.9 Å². The number of ether oxygens (including phenoxy) is 3. The molecule has 6 nitrogen and oxygen atoms in total. The Balaban J connectivity index is 1.89. The second kappa shape index (κ2) is 9.96. The molecular weight excluding hydrogens is 384 g/mol. The molecule has 0 aliphatic carbocycles. The zero-order valence-electron chi connectivity index (χ0n) is 17.2. The third kappa shape index (κ3) is 5.00. The Kier molecular flexibility index (Phi) is 7.12. The lowest BCUT2D eigenvalue weighted by atomic mass is 9.90. The summed E-state index contributed by atoms with van der Waals surface area (Å²) in [4.78, 5) is 24.6. The normalized spacial score (nSPS) is 17.4. The van der Waals surface area contributed by atoms with Crippen molar-refractivity contribution < 1.29 is 28.9 Å². The molecule has 0 fully saturated rings. The number of hydrogen-bond acceptors (Lipinski definition) is 6. The zero-order chi connectivity index (χ0) is 21.5. The lowest BCUT2D eigenvalue weighted by Gasteiger charge is -2.18. The van der Waals surface area contributed by atoms with Crippen LogP contribution in [0, 0.1) is 0 Å². The van der Waals surface area contributed by atoms with Crippen molar-refractivity contribution in [2.45, 2.75) is 38.7 Å². The molecule has 0 saturated carbocycles. The molecule has 6 heteroatoms. The average molecular weight is 410 g/mol. The van der Waals surface area contributed by atoms with Crippen molar-refractivity contribution in [2.24, 2.45) is 0 Å². The number of fused-ring (bicyclic) bond motifs is 1. The van der Waals surface area contributed by atoms with Crippen LogP contribution in [-0.2, 0) is 19.1 Å². The Morgan fingerprint density at radius 3 is 2.43 bits per heavy atom. The fraction of sp³-hybridized carbons (Fsp3) is 0.333. The number of hydrogen-bond donors (Lipinski definition) is 1. The van der Waals surface area contributed by atoms with Crippen molar-refractivity contribution in [2.75, 3.05) is 13.2 Å². The van der Waals surface area contributed by atoms with E-state index in [4.69, 9.17) is 14.2 Å². The van der Waals surface area contributed by atoms with Crippen molar-refractivity contribution in [1.29, 1.82) is 0 Å². The number of esters is 2. The molecule has 0 saturated heterocycles. The van der Waals surface area contributed by atoms with E-state index in [2.05, 4.69) is 0 Å². The second-order valence-electron chi connectivity index (χ2n) is 7.07. The maximum atomic E-state index is 12.9. The van der Waals surface area contributed by atoms with E-state index in [1.165, 1.54) is 6.08 Å². The van der Waals surface area contributed by atoms with Crippen LogP contribution in [0.5, 0.6) is 11.5 Å². The number of phenolic OH excluding ortho intramolecular Hbond substituents is 1. The summed E-state index contributed by atoms with van der Waals surface area (Å²) in [6.45, 7) is 4.57. The highest BCUT2D eigenvalue weighted by molar-refractivity contribution is 5.87. The predicted octanol–water partition coefficient (Wildman–Crippen LogP) is 4.53. The number of phenols is 1. The zero-order valence-corrected chi connectivity index (χ0v) is 17.2. The van der Waals surface area contributed by atoms with Crippen LogP contribution in [0.4, 0.5) is 0 Å². The molecule has 0 radical (unpaired) electrons. The topological polar surface area (TPSA) is 82.1 Å². The molecule has 0 bridgehead atoms. The molecular formula is C24H26O6. The fourth-order valence-corrected chi connectivity index (χ4v) is 3.27. The molecule has 0 spiro atoms. The summed E-state index contributed by atoms with van der Waals surface area (Å²) in [6.07, 6.45) is 3.95. The Labute approximate surface area is 176 Å². The molecule has 0 amide bonds. The Bertz CT molecular complexity index is 916. The molecule has 0 aromatic heterocycles. The van der Waals surface area contributed by atoms with Crippen molar-refractivity contribution in [3.05, 3.63) is 65.2 Å². The maximum absolute atomic E-state index is 12.9. The van der Waals surface area contributed by atoms with E-state index in [0.717, 1.165) is 24.0 Å². The van der Waals surface area contributed by atoms with E-state index in [1.54, 1.807) is 36.4 Å². The van der Waals surface area contributed by atoms with Crippen LogP contribution < -0.4 is 4.74 Å². The molecule has 1 heterocycles. The van der Waals surface area contributed by atoms with Gasteiger partial charge in [0.15, 0.2) is 0 Å². The smallest absolute Gasteiger partial charge is 0.330 e. The van der Waals surface area contributed by atoms with Gasteiger partial charge in [0, 0.05) is 11.6 Å². The van der Waals surface area contributed by atoms with E-state index in [-0.39, 0.29) is 11.7 Å².